The summed E-state index contributed by atoms with van der Waals surface area (Å²) in [6.07, 6.45) is 6.46. The van der Waals surface area contributed by atoms with Crippen LogP contribution >= 0.6 is 0 Å². The second-order valence-corrected chi connectivity index (χ2v) is 1.16. The molecule has 0 spiro atoms. The van der Waals surface area contributed by atoms with Crippen molar-refractivity contribution in [3.05, 3.63) is 31.6 Å². The van der Waals surface area contributed by atoms with Gasteiger partial charge in [0.05, 0.1) is 19.7 Å². The maximum atomic E-state index is 4.31. The molecule has 1 N–H and O–H groups in total. The summed E-state index contributed by atoms with van der Waals surface area (Å²) >= 11 is 0. The number of hydrogen-bond acceptors (Lipinski definition) is 2. The Balaban J connectivity index is 0.000000148. The minimum atomic E-state index is 1.38. The molecule has 1 rings (SSSR count). The summed E-state index contributed by atoms with van der Waals surface area (Å²) in [6.45, 7) is 3.26. The Bertz CT molecular complexity index is 108. The highest BCUT2D eigenvalue weighted by molar-refractivity contribution is 4.64. The Hall–Kier alpha value is -1.25. The molecule has 0 aromatic carbocycles. The molecule has 0 saturated heterocycles. The molecule has 50 valence electrons. The molecular weight excluding hydrogens is 116 g/mol. The normalized spacial score (nSPS) is 6.78. The van der Waals surface area contributed by atoms with E-state index in [1.807, 2.05) is 0 Å². The highest BCUT2D eigenvalue weighted by Crippen LogP contribution is 1.62. The molecule has 3 nitrogen and oxygen atoms in total. The van der Waals surface area contributed by atoms with Crippen LogP contribution in [0.2, 0.25) is 0 Å². The third kappa shape index (κ3) is 6.75. The van der Waals surface area contributed by atoms with E-state index in [1.165, 1.54) is 6.26 Å². The van der Waals surface area contributed by atoms with Crippen LogP contribution < -0.4 is 0 Å². The first kappa shape index (κ1) is 7.75. The number of nitrogens with one attached hydrogen (secondary N) is 1. The second kappa shape index (κ2) is 6.75. The van der Waals surface area contributed by atoms with Crippen molar-refractivity contribution in [2.45, 2.75) is 0 Å². The van der Waals surface area contributed by atoms with E-state index in [4.69, 9.17) is 0 Å². The van der Waals surface area contributed by atoms with Gasteiger partial charge in [-0.05, 0) is 0 Å². The largest absolute Gasteiger partial charge is 0.505 e. The molecule has 0 radical (unpaired) electrons. The van der Waals surface area contributed by atoms with E-state index >= 15 is 0 Å². The molecular formula is C6H10N2O. The van der Waals surface area contributed by atoms with Gasteiger partial charge in [-0.1, -0.05) is 6.58 Å². The maximum Gasteiger partial charge on any atom is 0.0919 e. The van der Waals surface area contributed by atoms with Gasteiger partial charge in [-0.25, -0.2) is 4.98 Å². The lowest BCUT2D eigenvalue weighted by atomic mass is 11.0. The van der Waals surface area contributed by atoms with E-state index in [1.54, 1.807) is 25.8 Å². The smallest absolute Gasteiger partial charge is 0.0919 e. The molecule has 9 heavy (non-hydrogen) atoms. The van der Waals surface area contributed by atoms with Crippen LogP contribution in [0.3, 0.4) is 0 Å². The zero-order valence-electron chi connectivity index (χ0n) is 5.37. The molecule has 0 fully saturated rings. The predicted octanol–water partition coefficient (Wildman–Crippen LogP) is 1.19. The Kier molecular flexibility index (Phi) is 5.81. The summed E-state index contributed by atoms with van der Waals surface area (Å²) in [5, 5.41) is 0. The van der Waals surface area contributed by atoms with Gasteiger partial charge in [-0.3, -0.25) is 0 Å². The molecule has 0 atom stereocenters. The van der Waals surface area contributed by atoms with E-state index in [0.29, 0.717) is 0 Å². The number of ether oxygens (including phenoxy) is 1. The van der Waals surface area contributed by atoms with Crippen molar-refractivity contribution in [3.63, 3.8) is 0 Å². The molecule has 3 heteroatoms. The molecule has 0 bridgehead atoms. The van der Waals surface area contributed by atoms with Crippen LogP contribution in [0.15, 0.2) is 31.6 Å². The lowest BCUT2D eigenvalue weighted by molar-refractivity contribution is 0.339. The van der Waals surface area contributed by atoms with Gasteiger partial charge in [-0.2, -0.15) is 0 Å². The summed E-state index contributed by atoms with van der Waals surface area (Å²) in [7, 11) is 1.56. The van der Waals surface area contributed by atoms with Crippen molar-refractivity contribution >= 4 is 0 Å². The van der Waals surface area contributed by atoms with Crippen molar-refractivity contribution in [1.29, 1.82) is 0 Å². The topological polar surface area (TPSA) is 37.9 Å². The number of H-pyrrole nitrogens is 1. The minimum Gasteiger partial charge on any atom is -0.505 e. The number of aromatic nitrogens is 2. The highest BCUT2D eigenvalue weighted by atomic mass is 16.5. The third-order valence-corrected chi connectivity index (χ3v) is 0.573. The third-order valence-electron chi connectivity index (χ3n) is 0.573. The van der Waals surface area contributed by atoms with Crippen molar-refractivity contribution in [1.82, 2.24) is 9.97 Å². The SMILES string of the molecule is C=COC.c1c[nH]cn1. The van der Waals surface area contributed by atoms with Crippen molar-refractivity contribution in [3.8, 4) is 0 Å². The van der Waals surface area contributed by atoms with Gasteiger partial charge in [0.2, 0.25) is 0 Å². The van der Waals surface area contributed by atoms with Crippen LogP contribution in [0.1, 0.15) is 0 Å². The molecule has 0 aliphatic rings. The molecule has 0 aliphatic carbocycles. The Morgan fingerprint density at radius 2 is 2.44 bits per heavy atom. The number of hydrogen-bond donors (Lipinski definition) is 1. The summed E-state index contributed by atoms with van der Waals surface area (Å²) in [5.74, 6) is 0. The maximum absolute atomic E-state index is 4.31. The lowest BCUT2D eigenvalue weighted by Crippen LogP contribution is -1.54. The standard InChI is InChI=1S/C3H4N2.C3H6O/c1-2-5-3-4-1;1-3-4-2/h1-3H,(H,4,5);3H,1H2,2H3. The van der Waals surface area contributed by atoms with Gasteiger partial charge in [0.1, 0.15) is 0 Å². The van der Waals surface area contributed by atoms with Crippen LogP contribution in [0.4, 0.5) is 0 Å². The molecule has 0 unspecified atom stereocenters. The summed E-state index contributed by atoms with van der Waals surface area (Å²) in [5.41, 5.74) is 0. The van der Waals surface area contributed by atoms with E-state index in [9.17, 15) is 0 Å². The highest BCUT2D eigenvalue weighted by Gasteiger charge is 1.56. The van der Waals surface area contributed by atoms with Crippen LogP contribution in [0.5, 0.6) is 0 Å². The quantitative estimate of drug-likeness (QED) is 0.574. The minimum absolute atomic E-state index is 1.38. The van der Waals surface area contributed by atoms with Crippen LogP contribution in [0, 0.1) is 0 Å². The molecule has 0 aliphatic heterocycles. The lowest BCUT2D eigenvalue weighted by Gasteiger charge is -1.73. The summed E-state index contributed by atoms with van der Waals surface area (Å²) in [4.78, 5) is 6.42. The fourth-order valence-corrected chi connectivity index (χ4v) is 0.215. The van der Waals surface area contributed by atoms with Crippen LogP contribution in [0.25, 0.3) is 0 Å². The number of nitrogens with zero attached hydrogens (tertiary/aromatic N) is 1. The Labute approximate surface area is 54.4 Å². The first-order valence-corrected chi connectivity index (χ1v) is 2.48. The average Bonchev–Trinajstić information content (AvgIpc) is 2.43. The molecule has 1 heterocycles. The summed E-state index contributed by atoms with van der Waals surface area (Å²) < 4.78 is 4.31. The second-order valence-electron chi connectivity index (χ2n) is 1.16. The van der Waals surface area contributed by atoms with E-state index in [2.05, 4.69) is 21.3 Å². The number of aromatic amines is 1. The Morgan fingerprint density at radius 3 is 2.56 bits per heavy atom. The van der Waals surface area contributed by atoms with Gasteiger partial charge in [0, 0.05) is 12.4 Å². The van der Waals surface area contributed by atoms with Gasteiger partial charge in [0.15, 0.2) is 0 Å². The van der Waals surface area contributed by atoms with Gasteiger partial charge in [-0.15, -0.1) is 0 Å². The predicted molar refractivity (Wildman–Crippen MR) is 35.8 cm³/mol. The number of methoxy groups -OCH3 is 1. The zero-order chi connectivity index (χ0) is 6.95. The molecule has 0 amide bonds. The van der Waals surface area contributed by atoms with Crippen LogP contribution in [-0.4, -0.2) is 17.1 Å². The van der Waals surface area contributed by atoms with Gasteiger partial charge < -0.3 is 9.72 Å². The van der Waals surface area contributed by atoms with Gasteiger partial charge in [0.25, 0.3) is 0 Å². The van der Waals surface area contributed by atoms with Crippen LogP contribution in [-0.2, 0) is 4.74 Å². The van der Waals surface area contributed by atoms with E-state index in [0.717, 1.165) is 0 Å². The monoisotopic (exact) mass is 126 g/mol. The number of imidazole rings is 1. The van der Waals surface area contributed by atoms with E-state index in [-0.39, 0.29) is 0 Å². The van der Waals surface area contributed by atoms with E-state index < -0.39 is 0 Å². The molecule has 1 aromatic rings. The van der Waals surface area contributed by atoms with Crippen molar-refractivity contribution in [2.75, 3.05) is 7.11 Å². The number of rotatable bonds is 1. The average molecular weight is 126 g/mol. The van der Waals surface area contributed by atoms with Crippen molar-refractivity contribution < 1.29 is 4.74 Å². The fourth-order valence-electron chi connectivity index (χ4n) is 0.215. The summed E-state index contributed by atoms with van der Waals surface area (Å²) in [6, 6.07) is 0. The first-order valence-electron chi connectivity index (χ1n) is 2.48. The molecule has 1 aromatic heterocycles. The zero-order valence-corrected chi connectivity index (χ0v) is 5.37. The van der Waals surface area contributed by atoms with Crippen molar-refractivity contribution in [2.24, 2.45) is 0 Å². The fraction of sp³-hybridized carbons (Fsp3) is 0.167. The Morgan fingerprint density at radius 1 is 1.78 bits per heavy atom. The van der Waals surface area contributed by atoms with Gasteiger partial charge >= 0.3 is 0 Å². The molecule has 0 saturated carbocycles. The first-order chi connectivity index (χ1) is 4.41.